The van der Waals surface area contributed by atoms with Crippen molar-refractivity contribution in [3.63, 3.8) is 0 Å². The first-order valence-electron chi connectivity index (χ1n) is 12.9. The Hall–Kier alpha value is -3.64. The van der Waals surface area contributed by atoms with Crippen LogP contribution in [-0.2, 0) is 30.6 Å². The molecule has 1 unspecified atom stereocenters. The molecule has 1 aliphatic rings. The summed E-state index contributed by atoms with van der Waals surface area (Å²) in [6.45, 7) is 6.75. The van der Waals surface area contributed by atoms with E-state index in [2.05, 4.69) is 10.1 Å². The number of amides is 1. The van der Waals surface area contributed by atoms with Gasteiger partial charge in [-0.1, -0.05) is 35.9 Å². The Morgan fingerprint density at radius 3 is 2.48 bits per heavy atom. The van der Waals surface area contributed by atoms with Gasteiger partial charge in [0.1, 0.15) is 29.1 Å². The van der Waals surface area contributed by atoms with Crippen molar-refractivity contribution in [3.8, 4) is 22.8 Å². The number of nitrogens with zero attached hydrogens (tertiary/aromatic N) is 8. The predicted octanol–water partition coefficient (Wildman–Crippen LogP) is 5.36. The number of benzene rings is 1. The minimum Gasteiger partial charge on any atom is -0.331 e. The number of carbonyl (C=O) groups excluding carboxylic acids is 1. The Labute approximate surface area is 234 Å². The molecule has 0 radical (unpaired) electrons. The summed E-state index contributed by atoms with van der Waals surface area (Å²) in [5.74, 6) is 0.795. The van der Waals surface area contributed by atoms with E-state index in [1.54, 1.807) is 51.6 Å². The van der Waals surface area contributed by atoms with Crippen molar-refractivity contribution in [3.05, 3.63) is 59.0 Å². The first-order chi connectivity index (χ1) is 18.9. The van der Waals surface area contributed by atoms with Gasteiger partial charge >= 0.3 is 6.18 Å². The molecule has 0 saturated carbocycles. The zero-order chi connectivity index (χ0) is 28.9. The number of alkyl halides is 3. The summed E-state index contributed by atoms with van der Waals surface area (Å²) in [5.41, 5.74) is 1.74. The number of hydrogen-bond acceptors (Lipinski definition) is 5. The Morgan fingerprint density at radius 1 is 1.18 bits per heavy atom. The number of aromatic nitrogens is 6. The monoisotopic (exact) mass is 574 g/mol. The molecular formula is C27H30ClF3N8O. The number of imidazole rings is 1. The van der Waals surface area contributed by atoms with E-state index in [1.807, 2.05) is 38.9 Å². The molecule has 40 heavy (non-hydrogen) atoms. The highest BCUT2D eigenvalue weighted by molar-refractivity contribution is 6.33. The zero-order valence-electron chi connectivity index (χ0n) is 22.8. The summed E-state index contributed by atoms with van der Waals surface area (Å²) >= 11 is 6.48. The molecule has 1 aliphatic heterocycles. The molecule has 1 amide bonds. The molecule has 0 bridgehead atoms. The maximum atomic E-state index is 13.6. The number of carbonyl (C=O) groups is 1. The first-order valence-corrected chi connectivity index (χ1v) is 13.3. The lowest BCUT2D eigenvalue weighted by atomic mass is 10.1. The van der Waals surface area contributed by atoms with Crippen LogP contribution in [0.5, 0.6) is 0 Å². The fraction of sp³-hybridized carbons (Fsp3) is 0.407. The van der Waals surface area contributed by atoms with E-state index < -0.39 is 17.9 Å². The maximum Gasteiger partial charge on any atom is 0.434 e. The standard InChI is InChI=1S/C27H30ClF3N8O/c1-6-36-15-22(27(29,30)31)33-25(36)18-9-7-17(8-10-18)13-37-23-11-20(24-19(28)12-32-39(24)16(2)3)34-38(23)14-21(26(37)40)35(4)5/h7-12,15-16,21H,6,13-14H2,1-5H3. The summed E-state index contributed by atoms with van der Waals surface area (Å²) < 4.78 is 44.8. The summed E-state index contributed by atoms with van der Waals surface area (Å²) in [5, 5.41) is 9.65. The number of likely N-dealkylation sites (N-methyl/N-ethyl adjacent to an activating group) is 1. The van der Waals surface area contributed by atoms with Crippen LogP contribution in [0.3, 0.4) is 0 Å². The van der Waals surface area contributed by atoms with Crippen LogP contribution in [0.2, 0.25) is 5.02 Å². The molecule has 9 nitrogen and oxygen atoms in total. The second kappa shape index (κ2) is 10.4. The lowest BCUT2D eigenvalue weighted by Crippen LogP contribution is -2.52. The Balaban J connectivity index is 1.48. The minimum atomic E-state index is -4.52. The van der Waals surface area contributed by atoms with Crippen LogP contribution in [0, 0.1) is 0 Å². The maximum absolute atomic E-state index is 13.6. The number of rotatable bonds is 7. The second-order valence-corrected chi connectivity index (χ2v) is 10.7. The van der Waals surface area contributed by atoms with E-state index in [-0.39, 0.29) is 24.3 Å². The lowest BCUT2D eigenvalue weighted by Gasteiger charge is -2.35. The smallest absolute Gasteiger partial charge is 0.331 e. The van der Waals surface area contributed by atoms with Crippen molar-refractivity contribution in [1.82, 2.24) is 34.0 Å². The molecular weight excluding hydrogens is 545 g/mol. The molecule has 0 fully saturated rings. The van der Waals surface area contributed by atoms with Crippen LogP contribution in [0.4, 0.5) is 19.0 Å². The molecule has 0 aliphatic carbocycles. The largest absolute Gasteiger partial charge is 0.434 e. The van der Waals surface area contributed by atoms with E-state index in [0.717, 1.165) is 11.8 Å². The molecule has 13 heteroatoms. The van der Waals surface area contributed by atoms with Gasteiger partial charge in [0.2, 0.25) is 5.91 Å². The van der Waals surface area contributed by atoms with Gasteiger partial charge in [-0.05, 0) is 40.4 Å². The molecule has 4 heterocycles. The first kappa shape index (κ1) is 27.9. The predicted molar refractivity (Wildman–Crippen MR) is 146 cm³/mol. The van der Waals surface area contributed by atoms with Gasteiger partial charge in [0.05, 0.1) is 24.3 Å². The Bertz CT molecular complexity index is 1530. The molecule has 0 spiro atoms. The highest BCUT2D eigenvalue weighted by Crippen LogP contribution is 2.35. The number of hydrogen-bond donors (Lipinski definition) is 0. The molecule has 0 saturated heterocycles. The molecule has 212 valence electrons. The quantitative estimate of drug-likeness (QED) is 0.297. The van der Waals surface area contributed by atoms with Crippen molar-refractivity contribution in [2.75, 3.05) is 19.0 Å². The average molecular weight is 575 g/mol. The lowest BCUT2D eigenvalue weighted by molar-refractivity contribution is -0.140. The van der Waals surface area contributed by atoms with Crippen LogP contribution in [0.15, 0.2) is 42.7 Å². The van der Waals surface area contributed by atoms with E-state index in [9.17, 15) is 18.0 Å². The number of aryl methyl sites for hydroxylation is 1. The topological polar surface area (TPSA) is 77.0 Å². The average Bonchev–Trinajstić information content (AvgIpc) is 3.61. The normalized spacial score (nSPS) is 15.9. The van der Waals surface area contributed by atoms with Crippen LogP contribution in [0.25, 0.3) is 22.8 Å². The SMILES string of the molecule is CCn1cc(C(F)(F)F)nc1-c1ccc(CN2C(=O)C(N(C)C)Cn3nc(-c4c(Cl)cnn4C(C)C)cc32)cc1. The van der Waals surface area contributed by atoms with E-state index in [0.29, 0.717) is 40.9 Å². The highest BCUT2D eigenvalue weighted by atomic mass is 35.5. The van der Waals surface area contributed by atoms with E-state index in [1.165, 1.54) is 4.57 Å². The second-order valence-electron chi connectivity index (χ2n) is 10.3. The van der Waals surface area contributed by atoms with Crippen molar-refractivity contribution < 1.29 is 18.0 Å². The minimum absolute atomic E-state index is 0.0579. The zero-order valence-corrected chi connectivity index (χ0v) is 23.6. The van der Waals surface area contributed by atoms with E-state index in [4.69, 9.17) is 16.7 Å². The third-order valence-electron chi connectivity index (χ3n) is 7.00. The van der Waals surface area contributed by atoms with Crippen LogP contribution >= 0.6 is 11.6 Å². The summed E-state index contributed by atoms with van der Waals surface area (Å²) in [4.78, 5) is 21.0. The third kappa shape index (κ3) is 5.01. The van der Waals surface area contributed by atoms with Gasteiger partial charge in [0.25, 0.3) is 0 Å². The van der Waals surface area contributed by atoms with Gasteiger partial charge in [0, 0.05) is 30.4 Å². The fourth-order valence-corrected chi connectivity index (χ4v) is 5.12. The van der Waals surface area contributed by atoms with Gasteiger partial charge in [-0.3, -0.25) is 19.3 Å². The molecule has 5 rings (SSSR count). The van der Waals surface area contributed by atoms with Gasteiger partial charge in [-0.15, -0.1) is 0 Å². The third-order valence-corrected chi connectivity index (χ3v) is 7.28. The molecule has 1 atom stereocenters. The van der Waals surface area contributed by atoms with Crippen LogP contribution in [-0.4, -0.2) is 60.1 Å². The Kier molecular flexibility index (Phi) is 7.26. The van der Waals surface area contributed by atoms with Gasteiger partial charge in [-0.25, -0.2) is 9.67 Å². The fourth-order valence-electron chi connectivity index (χ4n) is 4.89. The molecule has 4 aromatic rings. The summed E-state index contributed by atoms with van der Waals surface area (Å²) in [7, 11) is 3.70. The molecule has 1 aromatic carbocycles. The van der Waals surface area contributed by atoms with Crippen molar-refractivity contribution in [2.45, 2.75) is 58.7 Å². The molecule has 3 aromatic heterocycles. The van der Waals surface area contributed by atoms with E-state index >= 15 is 0 Å². The van der Waals surface area contributed by atoms with Gasteiger partial charge in [0.15, 0.2) is 5.69 Å². The van der Waals surface area contributed by atoms with Crippen LogP contribution < -0.4 is 4.90 Å². The Morgan fingerprint density at radius 2 is 1.88 bits per heavy atom. The van der Waals surface area contributed by atoms with Gasteiger partial charge < -0.3 is 4.57 Å². The van der Waals surface area contributed by atoms with Crippen molar-refractivity contribution >= 4 is 23.3 Å². The van der Waals surface area contributed by atoms with Gasteiger partial charge in [-0.2, -0.15) is 23.4 Å². The van der Waals surface area contributed by atoms with Crippen molar-refractivity contribution in [1.29, 1.82) is 0 Å². The number of fused-ring (bicyclic) bond motifs is 1. The number of halogens is 4. The number of anilines is 1. The summed E-state index contributed by atoms with van der Waals surface area (Å²) in [6, 6.07) is 8.53. The molecule has 0 N–H and O–H groups in total. The van der Waals surface area contributed by atoms with Crippen molar-refractivity contribution in [2.24, 2.45) is 0 Å². The highest BCUT2D eigenvalue weighted by Gasteiger charge is 2.37. The summed E-state index contributed by atoms with van der Waals surface area (Å²) in [6.07, 6.45) is -1.91. The van der Waals surface area contributed by atoms with Crippen LogP contribution in [0.1, 0.15) is 38.1 Å².